The van der Waals surface area contributed by atoms with Gasteiger partial charge in [-0.05, 0) is 18.2 Å². The smallest absolute Gasteiger partial charge is 0.169 e. The van der Waals surface area contributed by atoms with Gasteiger partial charge in [-0.2, -0.15) is 0 Å². The lowest BCUT2D eigenvalue weighted by atomic mass is 10.0. The molecule has 0 aliphatic heterocycles. The van der Waals surface area contributed by atoms with Crippen LogP contribution < -0.4 is 0 Å². The number of halogens is 2. The molecular formula is C17H13ClFNO. The zero-order valence-electron chi connectivity index (χ0n) is 11.4. The maximum absolute atomic E-state index is 13.8. The topological polar surface area (TPSA) is 22.0 Å². The van der Waals surface area contributed by atoms with E-state index in [2.05, 4.69) is 0 Å². The lowest BCUT2D eigenvalue weighted by Gasteiger charge is -2.04. The zero-order chi connectivity index (χ0) is 15.0. The fraction of sp³-hybridized carbons (Fsp3) is 0.118. The van der Waals surface area contributed by atoms with E-state index in [9.17, 15) is 9.18 Å². The van der Waals surface area contributed by atoms with E-state index in [1.807, 2.05) is 35.9 Å². The number of benzene rings is 2. The Morgan fingerprint density at radius 3 is 2.71 bits per heavy atom. The van der Waals surface area contributed by atoms with Gasteiger partial charge in [0.15, 0.2) is 5.78 Å². The van der Waals surface area contributed by atoms with Gasteiger partial charge in [0.05, 0.1) is 0 Å². The number of aryl methyl sites for hydroxylation is 1. The van der Waals surface area contributed by atoms with E-state index in [0.29, 0.717) is 5.56 Å². The predicted molar refractivity (Wildman–Crippen MR) is 82.4 cm³/mol. The van der Waals surface area contributed by atoms with Gasteiger partial charge in [-0.1, -0.05) is 35.9 Å². The first-order chi connectivity index (χ1) is 10.1. The molecule has 0 saturated carbocycles. The molecule has 21 heavy (non-hydrogen) atoms. The maximum atomic E-state index is 13.8. The number of nitrogens with zero attached hydrogens (tertiary/aromatic N) is 1. The summed E-state index contributed by atoms with van der Waals surface area (Å²) in [6.45, 7) is 0. The Morgan fingerprint density at radius 1 is 1.19 bits per heavy atom. The standard InChI is InChI=1S/C17H13ClFNO/c1-20-10-13(11-5-2-3-8-16(11)20)17(21)9-12-14(18)6-4-7-15(12)19/h2-8,10H,9H2,1H3. The Labute approximate surface area is 126 Å². The van der Waals surface area contributed by atoms with E-state index < -0.39 is 5.82 Å². The molecule has 0 bridgehead atoms. The van der Waals surface area contributed by atoms with E-state index in [-0.39, 0.29) is 22.8 Å². The Bertz CT molecular complexity index is 818. The largest absolute Gasteiger partial charge is 0.350 e. The van der Waals surface area contributed by atoms with Crippen LogP contribution in [0, 0.1) is 5.82 Å². The van der Waals surface area contributed by atoms with Crippen LogP contribution in [-0.4, -0.2) is 10.4 Å². The molecule has 0 spiro atoms. The fourth-order valence-electron chi connectivity index (χ4n) is 2.52. The summed E-state index contributed by atoms with van der Waals surface area (Å²) in [6.07, 6.45) is 1.74. The quantitative estimate of drug-likeness (QED) is 0.657. The van der Waals surface area contributed by atoms with Crippen molar-refractivity contribution in [2.24, 2.45) is 7.05 Å². The molecule has 1 aromatic heterocycles. The van der Waals surface area contributed by atoms with Gasteiger partial charge in [-0.25, -0.2) is 4.39 Å². The summed E-state index contributed by atoms with van der Waals surface area (Å²) in [5.74, 6) is -0.588. The van der Waals surface area contributed by atoms with Crippen LogP contribution in [0.1, 0.15) is 15.9 Å². The molecular weight excluding hydrogens is 289 g/mol. The summed E-state index contributed by atoms with van der Waals surface area (Å²) in [4.78, 5) is 12.5. The maximum Gasteiger partial charge on any atom is 0.169 e. The Kier molecular flexibility index (Phi) is 3.52. The molecule has 2 aromatic carbocycles. The van der Waals surface area contributed by atoms with Crippen molar-refractivity contribution >= 4 is 28.3 Å². The highest BCUT2D eigenvalue weighted by Crippen LogP contribution is 2.25. The predicted octanol–water partition coefficient (Wildman–Crippen LogP) is 4.40. The molecule has 0 saturated heterocycles. The first kappa shape index (κ1) is 13.8. The molecule has 0 aliphatic carbocycles. The molecule has 1 heterocycles. The molecule has 2 nitrogen and oxygen atoms in total. The van der Waals surface area contributed by atoms with Crippen molar-refractivity contribution in [3.05, 3.63) is 70.6 Å². The number of hydrogen-bond donors (Lipinski definition) is 0. The van der Waals surface area contributed by atoms with Gasteiger partial charge in [-0.3, -0.25) is 4.79 Å². The fourth-order valence-corrected chi connectivity index (χ4v) is 2.75. The lowest BCUT2D eigenvalue weighted by molar-refractivity contribution is 0.0993. The van der Waals surface area contributed by atoms with E-state index in [1.54, 1.807) is 12.3 Å². The molecule has 3 aromatic rings. The summed E-state index contributed by atoms with van der Waals surface area (Å²) in [7, 11) is 1.88. The number of ketones is 1. The Hall–Kier alpha value is -2.13. The molecule has 0 aliphatic rings. The molecule has 4 heteroatoms. The van der Waals surface area contributed by atoms with Crippen molar-refractivity contribution in [1.82, 2.24) is 4.57 Å². The van der Waals surface area contributed by atoms with E-state index >= 15 is 0 Å². The highest BCUT2D eigenvalue weighted by molar-refractivity contribution is 6.31. The van der Waals surface area contributed by atoms with Crippen LogP contribution in [0.3, 0.4) is 0 Å². The first-order valence-electron chi connectivity index (χ1n) is 6.58. The summed E-state index contributed by atoms with van der Waals surface area (Å²) < 4.78 is 15.7. The Morgan fingerprint density at radius 2 is 1.95 bits per heavy atom. The van der Waals surface area contributed by atoms with Gasteiger partial charge in [-0.15, -0.1) is 0 Å². The van der Waals surface area contributed by atoms with Gasteiger partial charge >= 0.3 is 0 Å². The van der Waals surface area contributed by atoms with Crippen LogP contribution in [0.4, 0.5) is 4.39 Å². The van der Waals surface area contributed by atoms with Crippen LogP contribution in [-0.2, 0) is 13.5 Å². The summed E-state index contributed by atoms with van der Waals surface area (Å²) >= 11 is 5.99. The molecule has 0 radical (unpaired) electrons. The monoisotopic (exact) mass is 301 g/mol. The van der Waals surface area contributed by atoms with E-state index in [1.165, 1.54) is 12.1 Å². The molecule has 106 valence electrons. The van der Waals surface area contributed by atoms with Crippen molar-refractivity contribution < 1.29 is 9.18 Å². The summed E-state index contributed by atoms with van der Waals surface area (Å²) in [6, 6.07) is 12.1. The third-order valence-corrected chi connectivity index (χ3v) is 3.95. The highest BCUT2D eigenvalue weighted by Gasteiger charge is 2.17. The highest BCUT2D eigenvalue weighted by atomic mass is 35.5. The van der Waals surface area contributed by atoms with Gasteiger partial charge in [0.25, 0.3) is 0 Å². The SMILES string of the molecule is Cn1cc(C(=O)Cc2c(F)cccc2Cl)c2ccccc21. The number of aromatic nitrogens is 1. The summed E-state index contributed by atoms with van der Waals surface area (Å²) in [5.41, 5.74) is 1.81. The van der Waals surface area contributed by atoms with Crippen molar-refractivity contribution in [2.45, 2.75) is 6.42 Å². The average molecular weight is 302 g/mol. The molecule has 3 rings (SSSR count). The van der Waals surface area contributed by atoms with Crippen molar-refractivity contribution in [1.29, 1.82) is 0 Å². The second kappa shape index (κ2) is 5.34. The van der Waals surface area contributed by atoms with Crippen LogP contribution in [0.15, 0.2) is 48.7 Å². The number of fused-ring (bicyclic) bond motifs is 1. The minimum absolute atomic E-state index is 0.0421. The summed E-state index contributed by atoms with van der Waals surface area (Å²) in [5, 5.41) is 1.15. The normalized spacial score (nSPS) is 11.0. The number of hydrogen-bond acceptors (Lipinski definition) is 1. The second-order valence-corrected chi connectivity index (χ2v) is 5.38. The van der Waals surface area contributed by atoms with Crippen molar-refractivity contribution in [3.63, 3.8) is 0 Å². The number of rotatable bonds is 3. The van der Waals surface area contributed by atoms with Gasteiger partial charge in [0.2, 0.25) is 0 Å². The number of Topliss-reactive ketones (excluding diaryl/α,β-unsaturated/α-hetero) is 1. The number of para-hydroxylation sites is 1. The van der Waals surface area contributed by atoms with Crippen LogP contribution in [0.5, 0.6) is 0 Å². The minimum Gasteiger partial charge on any atom is -0.350 e. The number of carbonyl (C=O) groups is 1. The van der Waals surface area contributed by atoms with Crippen molar-refractivity contribution in [2.75, 3.05) is 0 Å². The van der Waals surface area contributed by atoms with Crippen molar-refractivity contribution in [3.8, 4) is 0 Å². The van der Waals surface area contributed by atoms with Crippen LogP contribution in [0.2, 0.25) is 5.02 Å². The van der Waals surface area contributed by atoms with Gasteiger partial charge in [0, 0.05) is 46.7 Å². The second-order valence-electron chi connectivity index (χ2n) is 4.97. The molecule has 0 fully saturated rings. The third-order valence-electron chi connectivity index (χ3n) is 3.60. The zero-order valence-corrected chi connectivity index (χ0v) is 12.2. The van der Waals surface area contributed by atoms with Gasteiger partial charge < -0.3 is 4.57 Å². The lowest BCUT2D eigenvalue weighted by Crippen LogP contribution is -2.05. The number of carbonyl (C=O) groups excluding carboxylic acids is 1. The van der Waals surface area contributed by atoms with Gasteiger partial charge in [0.1, 0.15) is 5.82 Å². The van der Waals surface area contributed by atoms with Crippen LogP contribution in [0.25, 0.3) is 10.9 Å². The molecule has 0 amide bonds. The first-order valence-corrected chi connectivity index (χ1v) is 6.96. The van der Waals surface area contributed by atoms with Crippen LogP contribution >= 0.6 is 11.6 Å². The third kappa shape index (κ3) is 2.45. The molecule has 0 N–H and O–H groups in total. The van der Waals surface area contributed by atoms with E-state index in [0.717, 1.165) is 10.9 Å². The Balaban J connectivity index is 2.02. The minimum atomic E-state index is -0.448. The van der Waals surface area contributed by atoms with E-state index in [4.69, 9.17) is 11.6 Å². The molecule has 0 atom stereocenters. The molecule has 0 unspecified atom stereocenters. The average Bonchev–Trinajstić information content (AvgIpc) is 2.81.